The van der Waals surface area contributed by atoms with Crippen LogP contribution >= 0.6 is 0 Å². The van der Waals surface area contributed by atoms with Gasteiger partial charge in [0.25, 0.3) is 0 Å². The maximum absolute atomic E-state index is 13.2. The summed E-state index contributed by atoms with van der Waals surface area (Å²) in [7, 11) is 0. The van der Waals surface area contributed by atoms with Crippen LogP contribution in [0.1, 0.15) is 6.92 Å². The largest absolute Gasteiger partial charge is 0.324 e. The molecule has 0 aliphatic rings. The molecular formula is C17H17F2N3O2. The smallest absolute Gasteiger partial charge is 0.247 e. The van der Waals surface area contributed by atoms with Crippen molar-refractivity contribution in [2.75, 3.05) is 16.8 Å². The van der Waals surface area contributed by atoms with Crippen LogP contribution in [-0.2, 0) is 9.59 Å². The third-order valence-corrected chi connectivity index (χ3v) is 3.43. The topological polar surface area (TPSA) is 75.4 Å². The molecule has 5 nitrogen and oxygen atoms in total. The summed E-state index contributed by atoms with van der Waals surface area (Å²) in [5.74, 6) is -3.07. The summed E-state index contributed by atoms with van der Waals surface area (Å²) < 4.78 is 26.2. The average molecular weight is 333 g/mol. The normalized spacial score (nSPS) is 11.7. The summed E-state index contributed by atoms with van der Waals surface area (Å²) in [5.41, 5.74) is 6.03. The van der Waals surface area contributed by atoms with Crippen molar-refractivity contribution in [2.45, 2.75) is 13.0 Å². The van der Waals surface area contributed by atoms with E-state index < -0.39 is 29.5 Å². The second-order valence-corrected chi connectivity index (χ2v) is 5.10. The molecular weight excluding hydrogens is 316 g/mol. The molecule has 0 radical (unpaired) electrons. The lowest BCUT2D eigenvalue weighted by Gasteiger charge is -2.28. The first-order valence-electron chi connectivity index (χ1n) is 7.27. The van der Waals surface area contributed by atoms with Gasteiger partial charge in [-0.05, 0) is 31.2 Å². The molecule has 2 aromatic carbocycles. The van der Waals surface area contributed by atoms with E-state index in [1.165, 1.54) is 17.9 Å². The SMILES string of the molecule is CC(C(=O)Nc1ccc(F)c(F)c1)N(C(=O)CN)c1ccccc1. The highest BCUT2D eigenvalue weighted by atomic mass is 19.2. The maximum atomic E-state index is 13.2. The number of nitrogens with one attached hydrogen (secondary N) is 1. The summed E-state index contributed by atoms with van der Waals surface area (Å²) >= 11 is 0. The van der Waals surface area contributed by atoms with Gasteiger partial charge in [0.15, 0.2) is 11.6 Å². The molecule has 0 saturated carbocycles. The van der Waals surface area contributed by atoms with Gasteiger partial charge in [0.2, 0.25) is 11.8 Å². The van der Waals surface area contributed by atoms with Crippen molar-refractivity contribution in [3.8, 4) is 0 Å². The Hall–Kier alpha value is -2.80. The molecule has 2 amide bonds. The number of nitrogens with two attached hydrogens (primary N) is 1. The van der Waals surface area contributed by atoms with Gasteiger partial charge in [-0.25, -0.2) is 8.78 Å². The summed E-state index contributed by atoms with van der Waals surface area (Å²) in [4.78, 5) is 25.8. The van der Waals surface area contributed by atoms with E-state index >= 15 is 0 Å². The first-order chi connectivity index (χ1) is 11.4. The Morgan fingerprint density at radius 1 is 1.12 bits per heavy atom. The van der Waals surface area contributed by atoms with Gasteiger partial charge in [0.05, 0.1) is 6.54 Å². The number of halogens is 2. The van der Waals surface area contributed by atoms with Crippen LogP contribution in [0.2, 0.25) is 0 Å². The van der Waals surface area contributed by atoms with Gasteiger partial charge in [-0.3, -0.25) is 14.5 Å². The Morgan fingerprint density at radius 3 is 2.38 bits per heavy atom. The second-order valence-electron chi connectivity index (χ2n) is 5.10. The number of hydrogen-bond donors (Lipinski definition) is 2. The van der Waals surface area contributed by atoms with Gasteiger partial charge in [-0.2, -0.15) is 0 Å². The van der Waals surface area contributed by atoms with Crippen LogP contribution in [0.5, 0.6) is 0 Å². The van der Waals surface area contributed by atoms with E-state index in [4.69, 9.17) is 5.73 Å². The van der Waals surface area contributed by atoms with E-state index in [2.05, 4.69) is 5.32 Å². The predicted molar refractivity (Wildman–Crippen MR) is 87.4 cm³/mol. The van der Waals surface area contributed by atoms with E-state index in [1.807, 2.05) is 0 Å². The number of benzene rings is 2. The molecule has 0 bridgehead atoms. The minimum atomic E-state index is -1.07. The molecule has 2 aromatic rings. The molecule has 3 N–H and O–H groups in total. The molecule has 1 atom stereocenters. The van der Waals surface area contributed by atoms with Crippen LogP contribution in [0.15, 0.2) is 48.5 Å². The molecule has 1 unspecified atom stereocenters. The number of carbonyl (C=O) groups excluding carboxylic acids is 2. The number of nitrogens with zero attached hydrogens (tertiary/aromatic N) is 1. The van der Waals surface area contributed by atoms with Crippen molar-refractivity contribution in [3.63, 3.8) is 0 Å². The summed E-state index contributed by atoms with van der Waals surface area (Å²) in [5, 5.41) is 2.46. The summed E-state index contributed by atoms with van der Waals surface area (Å²) in [6.07, 6.45) is 0. The number of para-hydroxylation sites is 1. The van der Waals surface area contributed by atoms with Gasteiger partial charge in [-0.15, -0.1) is 0 Å². The minimum absolute atomic E-state index is 0.0963. The molecule has 0 aliphatic carbocycles. The quantitative estimate of drug-likeness (QED) is 0.881. The van der Waals surface area contributed by atoms with Gasteiger partial charge in [0.1, 0.15) is 6.04 Å². The van der Waals surface area contributed by atoms with Crippen molar-refractivity contribution >= 4 is 23.2 Å². The first kappa shape index (κ1) is 17.6. The molecule has 126 valence electrons. The zero-order valence-electron chi connectivity index (χ0n) is 13.0. The lowest BCUT2D eigenvalue weighted by atomic mass is 10.2. The Morgan fingerprint density at radius 2 is 1.79 bits per heavy atom. The molecule has 0 aliphatic heterocycles. The molecule has 24 heavy (non-hydrogen) atoms. The van der Waals surface area contributed by atoms with E-state index in [0.29, 0.717) is 5.69 Å². The monoisotopic (exact) mass is 333 g/mol. The lowest BCUT2D eigenvalue weighted by molar-refractivity contribution is -0.122. The van der Waals surface area contributed by atoms with E-state index in [9.17, 15) is 18.4 Å². The lowest BCUT2D eigenvalue weighted by Crippen LogP contribution is -2.48. The third kappa shape index (κ3) is 3.94. The standard InChI is InChI=1S/C17H17F2N3O2/c1-11(17(24)21-12-7-8-14(18)15(19)9-12)22(16(23)10-20)13-5-3-2-4-6-13/h2-9,11H,10,20H2,1H3,(H,21,24). The second kappa shape index (κ2) is 7.65. The van der Waals surface area contributed by atoms with Crippen LogP contribution in [0.25, 0.3) is 0 Å². The molecule has 0 heterocycles. The first-order valence-corrected chi connectivity index (χ1v) is 7.27. The average Bonchev–Trinajstić information content (AvgIpc) is 2.59. The van der Waals surface area contributed by atoms with Crippen molar-refractivity contribution in [3.05, 3.63) is 60.2 Å². The molecule has 0 saturated heterocycles. The Kier molecular flexibility index (Phi) is 5.59. The van der Waals surface area contributed by atoms with E-state index in [-0.39, 0.29) is 12.2 Å². The van der Waals surface area contributed by atoms with Crippen LogP contribution in [-0.4, -0.2) is 24.4 Å². The fraction of sp³-hybridized carbons (Fsp3) is 0.176. The van der Waals surface area contributed by atoms with Gasteiger partial charge in [0, 0.05) is 17.4 Å². The Labute approximate surface area is 138 Å². The fourth-order valence-electron chi connectivity index (χ4n) is 2.21. The van der Waals surface area contributed by atoms with Crippen LogP contribution in [0.3, 0.4) is 0 Å². The van der Waals surface area contributed by atoms with Crippen molar-refractivity contribution in [1.82, 2.24) is 0 Å². The molecule has 0 spiro atoms. The van der Waals surface area contributed by atoms with E-state index in [0.717, 1.165) is 12.1 Å². The Balaban J connectivity index is 2.22. The number of carbonyl (C=O) groups is 2. The van der Waals surface area contributed by atoms with Gasteiger partial charge < -0.3 is 11.1 Å². The number of rotatable bonds is 5. The highest BCUT2D eigenvalue weighted by Crippen LogP contribution is 2.19. The predicted octanol–water partition coefficient (Wildman–Crippen LogP) is 2.28. The number of anilines is 2. The zero-order chi connectivity index (χ0) is 17.7. The summed E-state index contributed by atoms with van der Waals surface area (Å²) in [6.45, 7) is 1.26. The van der Waals surface area contributed by atoms with Gasteiger partial charge >= 0.3 is 0 Å². The highest BCUT2D eigenvalue weighted by molar-refractivity contribution is 6.05. The summed E-state index contributed by atoms with van der Waals surface area (Å²) in [6, 6.07) is 10.7. The molecule has 0 fully saturated rings. The molecule has 0 aromatic heterocycles. The molecule has 7 heteroatoms. The van der Waals surface area contributed by atoms with Crippen molar-refractivity contribution in [1.29, 1.82) is 0 Å². The van der Waals surface area contributed by atoms with Crippen molar-refractivity contribution in [2.24, 2.45) is 5.73 Å². The number of amides is 2. The van der Waals surface area contributed by atoms with Crippen LogP contribution in [0, 0.1) is 11.6 Å². The maximum Gasteiger partial charge on any atom is 0.247 e. The minimum Gasteiger partial charge on any atom is -0.324 e. The third-order valence-electron chi connectivity index (χ3n) is 3.43. The molecule has 2 rings (SSSR count). The van der Waals surface area contributed by atoms with E-state index in [1.54, 1.807) is 30.3 Å². The van der Waals surface area contributed by atoms with Crippen molar-refractivity contribution < 1.29 is 18.4 Å². The van der Waals surface area contributed by atoms with Gasteiger partial charge in [-0.1, -0.05) is 18.2 Å². The highest BCUT2D eigenvalue weighted by Gasteiger charge is 2.26. The zero-order valence-corrected chi connectivity index (χ0v) is 13.0. The Bertz CT molecular complexity index is 738. The van der Waals surface area contributed by atoms with Crippen LogP contribution < -0.4 is 16.0 Å². The van der Waals surface area contributed by atoms with Crippen LogP contribution in [0.4, 0.5) is 20.2 Å². The number of hydrogen-bond acceptors (Lipinski definition) is 3. The fourth-order valence-corrected chi connectivity index (χ4v) is 2.21.